The molecule has 0 aliphatic carbocycles. The Bertz CT molecular complexity index is 666. The summed E-state index contributed by atoms with van der Waals surface area (Å²) < 4.78 is 4.61. The van der Waals surface area contributed by atoms with Crippen molar-refractivity contribution in [3.8, 4) is 20.7 Å². The van der Waals surface area contributed by atoms with Crippen LogP contribution in [0.15, 0.2) is 36.4 Å². The van der Waals surface area contributed by atoms with Gasteiger partial charge in [0.1, 0.15) is 0 Å². The maximum atomic E-state index is 9.20. The Balaban J connectivity index is 1.99. The van der Waals surface area contributed by atoms with E-state index in [4.69, 9.17) is 5.11 Å². The minimum atomic E-state index is 0.0972. The Kier molecular flexibility index (Phi) is 3.96. The van der Waals surface area contributed by atoms with Gasteiger partial charge in [-0.1, -0.05) is 0 Å². The second kappa shape index (κ2) is 5.72. The summed E-state index contributed by atoms with van der Waals surface area (Å²) in [5.74, 6) is 0. The van der Waals surface area contributed by atoms with E-state index in [0.29, 0.717) is 0 Å². The van der Waals surface area contributed by atoms with Crippen LogP contribution in [0.3, 0.4) is 0 Å². The van der Waals surface area contributed by atoms with Gasteiger partial charge in [-0.25, -0.2) is 0 Å². The number of nitrogens with zero attached hydrogens (tertiary/aromatic N) is 1. The molecule has 0 aliphatic heterocycles. The molecule has 0 unspecified atom stereocenters. The Morgan fingerprint density at radius 1 is 1.00 bits per heavy atom. The minimum absolute atomic E-state index is 0.0972. The van der Waals surface area contributed by atoms with Crippen LogP contribution in [0, 0.1) is 0 Å². The molecule has 3 aromatic heterocycles. The van der Waals surface area contributed by atoms with E-state index in [0.717, 1.165) is 9.31 Å². The van der Waals surface area contributed by atoms with Crippen molar-refractivity contribution in [2.75, 3.05) is 0 Å². The van der Waals surface area contributed by atoms with E-state index in [1.54, 1.807) is 11.3 Å². The molecule has 3 aromatic rings. The number of aliphatic hydroxyl groups is 2. The first kappa shape index (κ1) is 13.9. The summed E-state index contributed by atoms with van der Waals surface area (Å²) >= 11 is 1.85. The van der Waals surface area contributed by atoms with Crippen molar-refractivity contribution >= 4 is 25.8 Å². The summed E-state index contributed by atoms with van der Waals surface area (Å²) in [6.07, 6.45) is 0. The quantitative estimate of drug-likeness (QED) is 0.709. The average molecular weight is 352 g/mol. The fourth-order valence-electron chi connectivity index (χ4n) is 2.21. The van der Waals surface area contributed by atoms with Gasteiger partial charge in [-0.2, -0.15) is 0 Å². The number of hydrogen-bond acceptors (Lipinski definition) is 3. The first-order valence-electron chi connectivity index (χ1n) is 6.28. The number of aromatic nitrogens is 1. The van der Waals surface area contributed by atoms with Crippen LogP contribution in [0.4, 0.5) is 0 Å². The van der Waals surface area contributed by atoms with Gasteiger partial charge in [0, 0.05) is 0 Å². The van der Waals surface area contributed by atoms with Crippen LogP contribution in [0.25, 0.3) is 20.7 Å². The van der Waals surface area contributed by atoms with Crippen LogP contribution >= 0.6 is 11.3 Å². The first-order chi connectivity index (χ1) is 9.72. The topological polar surface area (TPSA) is 45.4 Å². The Morgan fingerprint density at radius 2 is 1.80 bits per heavy atom. The second-order valence-corrected chi connectivity index (χ2v) is 8.13. The van der Waals surface area contributed by atoms with E-state index in [-0.39, 0.29) is 27.7 Å². The molecular weight excluding hydrogens is 337 g/mol. The van der Waals surface area contributed by atoms with E-state index < -0.39 is 0 Å². The predicted molar refractivity (Wildman–Crippen MR) is 82.9 cm³/mol. The Hall–Kier alpha value is -1.10. The van der Waals surface area contributed by atoms with E-state index >= 15 is 0 Å². The van der Waals surface area contributed by atoms with Crippen LogP contribution in [0.1, 0.15) is 9.31 Å². The SMILES string of the molecule is Cn1c(-c2ccc(CO)s2)ccc1-c1ccc(CO)[se]1. The van der Waals surface area contributed by atoms with Gasteiger partial charge in [-0.05, 0) is 0 Å². The molecule has 2 N–H and O–H groups in total. The molecule has 20 heavy (non-hydrogen) atoms. The zero-order valence-electron chi connectivity index (χ0n) is 11.0. The number of rotatable bonds is 4. The van der Waals surface area contributed by atoms with Crippen molar-refractivity contribution in [2.45, 2.75) is 13.2 Å². The van der Waals surface area contributed by atoms with E-state index in [2.05, 4.69) is 35.9 Å². The summed E-state index contributed by atoms with van der Waals surface area (Å²) in [5.41, 5.74) is 2.37. The molecule has 0 radical (unpaired) electrons. The van der Waals surface area contributed by atoms with Crippen molar-refractivity contribution in [1.29, 1.82) is 0 Å². The molecule has 0 atom stereocenters. The molecular formula is C15H15NO2SSe. The van der Waals surface area contributed by atoms with Gasteiger partial charge < -0.3 is 0 Å². The zero-order chi connectivity index (χ0) is 14.1. The molecule has 0 bridgehead atoms. The molecule has 3 heterocycles. The van der Waals surface area contributed by atoms with Gasteiger partial charge in [0.05, 0.1) is 0 Å². The molecule has 0 fully saturated rings. The summed E-state index contributed by atoms with van der Waals surface area (Å²) in [6.45, 7) is 0.252. The van der Waals surface area contributed by atoms with Crippen LogP contribution in [0.5, 0.6) is 0 Å². The fraction of sp³-hybridized carbons (Fsp3) is 0.200. The number of hydrogen-bond donors (Lipinski definition) is 2. The normalized spacial score (nSPS) is 11.2. The molecule has 5 heteroatoms. The number of thiophene rings is 1. The Labute approximate surface area is 127 Å². The average Bonchev–Trinajstić information content (AvgIpc) is 3.16. The van der Waals surface area contributed by atoms with Crippen molar-refractivity contribution in [3.05, 3.63) is 45.7 Å². The van der Waals surface area contributed by atoms with Gasteiger partial charge in [-0.3, -0.25) is 0 Å². The third kappa shape index (κ3) is 2.43. The molecule has 0 amide bonds. The van der Waals surface area contributed by atoms with Crippen molar-refractivity contribution in [3.63, 3.8) is 0 Å². The van der Waals surface area contributed by atoms with Crippen LogP contribution in [-0.4, -0.2) is 29.3 Å². The van der Waals surface area contributed by atoms with E-state index in [1.165, 1.54) is 20.7 Å². The van der Waals surface area contributed by atoms with E-state index in [1.807, 2.05) is 12.1 Å². The third-order valence-corrected chi connectivity index (χ3v) is 6.65. The van der Waals surface area contributed by atoms with E-state index in [9.17, 15) is 5.11 Å². The molecule has 0 aliphatic rings. The summed E-state index contributed by atoms with van der Waals surface area (Å²) in [7, 11) is 2.07. The summed E-state index contributed by atoms with van der Waals surface area (Å²) in [5, 5.41) is 18.4. The van der Waals surface area contributed by atoms with Crippen LogP contribution < -0.4 is 0 Å². The van der Waals surface area contributed by atoms with Crippen LogP contribution in [-0.2, 0) is 20.3 Å². The van der Waals surface area contributed by atoms with Crippen LogP contribution in [0.2, 0.25) is 0 Å². The number of aliphatic hydroxyl groups excluding tert-OH is 2. The zero-order valence-corrected chi connectivity index (χ0v) is 13.6. The second-order valence-electron chi connectivity index (χ2n) is 4.51. The van der Waals surface area contributed by atoms with Gasteiger partial charge in [-0.15, -0.1) is 0 Å². The van der Waals surface area contributed by atoms with Crippen molar-refractivity contribution < 1.29 is 10.2 Å². The standard InChI is InChI=1S/C15H15NO2SSe/c1-16-12(14-6-2-10(8-17)19-14)4-5-13(16)15-7-3-11(9-18)20-15/h2-7,17-18H,8-9H2,1H3. The molecule has 3 nitrogen and oxygen atoms in total. The molecule has 0 saturated heterocycles. The first-order valence-corrected chi connectivity index (χ1v) is 8.81. The van der Waals surface area contributed by atoms with Crippen molar-refractivity contribution in [1.82, 2.24) is 4.57 Å². The monoisotopic (exact) mass is 353 g/mol. The van der Waals surface area contributed by atoms with Gasteiger partial charge >= 0.3 is 127 Å². The molecule has 0 spiro atoms. The molecule has 3 rings (SSSR count). The fourth-order valence-corrected chi connectivity index (χ4v) is 5.08. The van der Waals surface area contributed by atoms with Gasteiger partial charge in [0.25, 0.3) is 0 Å². The summed E-state index contributed by atoms with van der Waals surface area (Å²) in [4.78, 5) is 2.15. The Morgan fingerprint density at radius 3 is 2.45 bits per heavy atom. The third-order valence-electron chi connectivity index (χ3n) is 3.26. The van der Waals surface area contributed by atoms with Gasteiger partial charge in [0.15, 0.2) is 0 Å². The summed E-state index contributed by atoms with van der Waals surface area (Å²) in [6, 6.07) is 12.4. The predicted octanol–water partition coefficient (Wildman–Crippen LogP) is 2.46. The molecule has 104 valence electrons. The maximum absolute atomic E-state index is 9.20. The molecule has 0 saturated carbocycles. The molecule has 0 aromatic carbocycles. The van der Waals surface area contributed by atoms with Crippen molar-refractivity contribution in [2.24, 2.45) is 7.05 Å². The van der Waals surface area contributed by atoms with Gasteiger partial charge in [0.2, 0.25) is 0 Å².